The monoisotopic (exact) mass is 290 g/mol. The van der Waals surface area contributed by atoms with Crippen LogP contribution in [0.25, 0.3) is 0 Å². The van der Waals surface area contributed by atoms with Crippen molar-refractivity contribution < 1.29 is 13.2 Å². The third-order valence-electron chi connectivity index (χ3n) is 2.88. The molecule has 0 amide bonds. The number of sulfonamides is 1. The van der Waals surface area contributed by atoms with Gasteiger partial charge in [-0.15, -0.1) is 11.3 Å². The Morgan fingerprint density at radius 2 is 2.39 bits per heavy atom. The van der Waals surface area contributed by atoms with E-state index in [0.717, 1.165) is 11.3 Å². The molecule has 102 valence electrons. The lowest BCUT2D eigenvalue weighted by molar-refractivity contribution is 0.0752. The molecule has 0 radical (unpaired) electrons. The average Bonchev–Trinajstić information content (AvgIpc) is 2.72. The summed E-state index contributed by atoms with van der Waals surface area (Å²) in [4.78, 5) is 1.23. The third-order valence-corrected chi connectivity index (χ3v) is 5.83. The fourth-order valence-electron chi connectivity index (χ4n) is 1.93. The van der Waals surface area contributed by atoms with Crippen molar-refractivity contribution in [2.24, 2.45) is 5.73 Å². The smallest absolute Gasteiger partial charge is 0.243 e. The van der Waals surface area contributed by atoms with E-state index in [4.69, 9.17) is 10.5 Å². The molecular weight excluding hydrogens is 272 g/mol. The van der Waals surface area contributed by atoms with Crippen molar-refractivity contribution in [3.8, 4) is 0 Å². The summed E-state index contributed by atoms with van der Waals surface area (Å²) in [6.07, 6.45) is 0.673. The Bertz CT molecular complexity index is 498. The van der Waals surface area contributed by atoms with Gasteiger partial charge in [-0.25, -0.2) is 8.42 Å². The van der Waals surface area contributed by atoms with Crippen molar-refractivity contribution >= 4 is 21.4 Å². The first kappa shape index (κ1) is 14.0. The lowest BCUT2D eigenvalue weighted by Gasteiger charge is -2.20. The maximum atomic E-state index is 12.5. The van der Waals surface area contributed by atoms with Crippen molar-refractivity contribution in [1.29, 1.82) is 0 Å². The zero-order valence-corrected chi connectivity index (χ0v) is 12.0. The second-order valence-electron chi connectivity index (χ2n) is 4.35. The van der Waals surface area contributed by atoms with E-state index in [-0.39, 0.29) is 6.10 Å². The first-order valence-corrected chi connectivity index (χ1v) is 8.25. The Morgan fingerprint density at radius 1 is 1.61 bits per heavy atom. The molecule has 2 rings (SSSR count). The second-order valence-corrected chi connectivity index (χ2v) is 7.28. The Kier molecular flexibility index (Phi) is 4.39. The summed E-state index contributed by atoms with van der Waals surface area (Å²) in [6.45, 7) is 3.81. The van der Waals surface area contributed by atoms with Gasteiger partial charge in [0.2, 0.25) is 10.0 Å². The molecule has 0 aromatic carbocycles. The van der Waals surface area contributed by atoms with Gasteiger partial charge in [-0.1, -0.05) is 0 Å². The van der Waals surface area contributed by atoms with Crippen LogP contribution in [-0.4, -0.2) is 38.5 Å². The molecule has 1 atom stereocenters. The van der Waals surface area contributed by atoms with Gasteiger partial charge in [0, 0.05) is 36.5 Å². The molecule has 0 aliphatic carbocycles. The van der Waals surface area contributed by atoms with Gasteiger partial charge in [-0.3, -0.25) is 0 Å². The molecule has 1 aliphatic rings. The summed E-state index contributed by atoms with van der Waals surface area (Å²) in [5, 5.41) is 1.66. The number of hydrogen-bond acceptors (Lipinski definition) is 5. The van der Waals surface area contributed by atoms with E-state index in [1.165, 1.54) is 15.6 Å². The largest absolute Gasteiger partial charge is 0.377 e. The SMILES string of the molecule is CC1CN(S(=O)(=O)c2csc(CN)c2)CCCO1. The highest BCUT2D eigenvalue weighted by Crippen LogP contribution is 2.23. The molecule has 1 fully saturated rings. The summed E-state index contributed by atoms with van der Waals surface area (Å²) in [6, 6.07) is 1.66. The summed E-state index contributed by atoms with van der Waals surface area (Å²) in [5.41, 5.74) is 5.51. The fraction of sp³-hybridized carbons (Fsp3) is 0.636. The van der Waals surface area contributed by atoms with Crippen molar-refractivity contribution in [2.45, 2.75) is 30.9 Å². The Hall–Kier alpha value is -0.470. The Balaban J connectivity index is 2.23. The van der Waals surface area contributed by atoms with Crippen LogP contribution in [-0.2, 0) is 21.3 Å². The van der Waals surface area contributed by atoms with Gasteiger partial charge in [0.05, 0.1) is 11.0 Å². The molecule has 1 aliphatic heterocycles. The standard InChI is InChI=1S/C11H18N2O3S2/c1-9-7-13(3-2-4-16-9)18(14,15)11-5-10(6-12)17-8-11/h5,8-9H,2-4,6-7,12H2,1H3. The van der Waals surface area contributed by atoms with Crippen LogP contribution < -0.4 is 5.73 Å². The predicted molar refractivity (Wildman–Crippen MR) is 71.0 cm³/mol. The highest BCUT2D eigenvalue weighted by molar-refractivity contribution is 7.89. The molecule has 1 aromatic heterocycles. The van der Waals surface area contributed by atoms with Crippen molar-refractivity contribution in [3.05, 3.63) is 16.3 Å². The maximum absolute atomic E-state index is 12.5. The average molecular weight is 290 g/mol. The van der Waals surface area contributed by atoms with E-state index >= 15 is 0 Å². The van der Waals surface area contributed by atoms with Crippen LogP contribution in [0, 0.1) is 0 Å². The minimum absolute atomic E-state index is 0.0603. The second kappa shape index (κ2) is 5.66. The highest BCUT2D eigenvalue weighted by atomic mass is 32.2. The number of rotatable bonds is 3. The molecule has 1 unspecified atom stereocenters. The van der Waals surface area contributed by atoms with Crippen LogP contribution in [0.3, 0.4) is 0 Å². The third kappa shape index (κ3) is 2.92. The summed E-state index contributed by atoms with van der Waals surface area (Å²) in [5.74, 6) is 0. The van der Waals surface area contributed by atoms with Gasteiger partial charge in [0.25, 0.3) is 0 Å². The van der Waals surface area contributed by atoms with Crippen molar-refractivity contribution in [1.82, 2.24) is 4.31 Å². The van der Waals surface area contributed by atoms with E-state index < -0.39 is 10.0 Å². The molecule has 7 heteroatoms. The van der Waals surface area contributed by atoms with Gasteiger partial charge in [-0.05, 0) is 19.4 Å². The molecule has 0 spiro atoms. The van der Waals surface area contributed by atoms with E-state index in [0.29, 0.717) is 31.1 Å². The molecule has 18 heavy (non-hydrogen) atoms. The molecule has 0 bridgehead atoms. The minimum atomic E-state index is -3.40. The van der Waals surface area contributed by atoms with Crippen LogP contribution in [0.2, 0.25) is 0 Å². The van der Waals surface area contributed by atoms with E-state index in [1.807, 2.05) is 6.92 Å². The molecule has 1 aromatic rings. The lowest BCUT2D eigenvalue weighted by atomic mass is 10.4. The first-order valence-electron chi connectivity index (χ1n) is 5.93. The maximum Gasteiger partial charge on any atom is 0.243 e. The van der Waals surface area contributed by atoms with Crippen molar-refractivity contribution in [3.63, 3.8) is 0 Å². The fourth-order valence-corrected chi connectivity index (χ4v) is 4.62. The zero-order chi connectivity index (χ0) is 13.2. The van der Waals surface area contributed by atoms with Crippen LogP contribution in [0.4, 0.5) is 0 Å². The molecule has 1 saturated heterocycles. The molecule has 5 nitrogen and oxygen atoms in total. The Labute approximate surface area is 112 Å². The van der Waals surface area contributed by atoms with E-state index in [2.05, 4.69) is 0 Å². The zero-order valence-electron chi connectivity index (χ0n) is 10.3. The van der Waals surface area contributed by atoms with Gasteiger partial charge in [0.1, 0.15) is 0 Å². The van der Waals surface area contributed by atoms with Crippen LogP contribution in [0.5, 0.6) is 0 Å². The molecule has 2 N–H and O–H groups in total. The summed E-state index contributed by atoms with van der Waals surface area (Å²) in [7, 11) is -3.40. The molecular formula is C11H18N2O3S2. The topological polar surface area (TPSA) is 72.6 Å². The summed E-state index contributed by atoms with van der Waals surface area (Å²) < 4.78 is 31.9. The van der Waals surface area contributed by atoms with Crippen LogP contribution >= 0.6 is 11.3 Å². The van der Waals surface area contributed by atoms with Crippen LogP contribution in [0.15, 0.2) is 16.3 Å². The minimum Gasteiger partial charge on any atom is -0.377 e. The van der Waals surface area contributed by atoms with Crippen LogP contribution in [0.1, 0.15) is 18.2 Å². The number of ether oxygens (including phenoxy) is 1. The van der Waals surface area contributed by atoms with Crippen molar-refractivity contribution in [2.75, 3.05) is 19.7 Å². The Morgan fingerprint density at radius 3 is 3.06 bits per heavy atom. The predicted octanol–water partition coefficient (Wildman–Crippen LogP) is 1.01. The number of nitrogens with two attached hydrogens (primary N) is 1. The van der Waals surface area contributed by atoms with Gasteiger partial charge >= 0.3 is 0 Å². The van der Waals surface area contributed by atoms with Gasteiger partial charge in [0.15, 0.2) is 0 Å². The molecule has 2 heterocycles. The molecule has 0 saturated carbocycles. The normalized spacial score (nSPS) is 22.9. The highest BCUT2D eigenvalue weighted by Gasteiger charge is 2.28. The quantitative estimate of drug-likeness (QED) is 0.901. The van der Waals surface area contributed by atoms with Gasteiger partial charge in [-0.2, -0.15) is 4.31 Å². The van der Waals surface area contributed by atoms with E-state index in [1.54, 1.807) is 11.4 Å². The summed E-state index contributed by atoms with van der Waals surface area (Å²) >= 11 is 1.38. The first-order chi connectivity index (χ1) is 8.54. The number of hydrogen-bond donors (Lipinski definition) is 1. The van der Waals surface area contributed by atoms with E-state index in [9.17, 15) is 8.42 Å². The lowest BCUT2D eigenvalue weighted by Crippen LogP contribution is -2.35. The number of nitrogens with zero attached hydrogens (tertiary/aromatic N) is 1. The van der Waals surface area contributed by atoms with Gasteiger partial charge < -0.3 is 10.5 Å². The number of thiophene rings is 1.